The lowest BCUT2D eigenvalue weighted by Crippen LogP contribution is -2.13. The van der Waals surface area contributed by atoms with Crippen LogP contribution >= 0.6 is 0 Å². The average molecular weight is 274 g/mol. The number of benzene rings is 2. The lowest BCUT2D eigenvalue weighted by molar-refractivity contribution is 0.305. The minimum atomic E-state index is -0.540. The maximum Gasteiger partial charge on any atom is 0.170 e. The maximum absolute atomic E-state index is 13.8. The molecule has 0 heterocycles. The van der Waals surface area contributed by atoms with Crippen LogP contribution in [-0.2, 0) is 6.42 Å². The van der Waals surface area contributed by atoms with E-state index in [-0.39, 0.29) is 11.6 Å². The van der Waals surface area contributed by atoms with Crippen molar-refractivity contribution >= 4 is 5.84 Å². The highest BCUT2D eigenvalue weighted by Gasteiger charge is 2.07. The number of nitrogens with two attached hydrogens (primary N) is 1. The molecule has 0 fully saturated rings. The lowest BCUT2D eigenvalue weighted by Gasteiger charge is -2.08. The van der Waals surface area contributed by atoms with Crippen LogP contribution in [0, 0.1) is 5.82 Å². The molecule has 2 rings (SSSR count). The first-order valence-electron chi connectivity index (χ1n) is 6.15. The fourth-order valence-corrected chi connectivity index (χ4v) is 1.76. The molecule has 0 radical (unpaired) electrons. The van der Waals surface area contributed by atoms with Gasteiger partial charge in [-0.25, -0.2) is 4.39 Å². The molecule has 2 aromatic carbocycles. The molecule has 0 saturated carbocycles. The molecule has 3 N–H and O–H groups in total. The van der Waals surface area contributed by atoms with Crippen LogP contribution in [0.4, 0.5) is 4.39 Å². The Morgan fingerprint density at radius 3 is 2.60 bits per heavy atom. The largest absolute Gasteiger partial charge is 0.490 e. The first-order chi connectivity index (χ1) is 9.70. The Kier molecular flexibility index (Phi) is 4.55. The summed E-state index contributed by atoms with van der Waals surface area (Å²) >= 11 is 0. The van der Waals surface area contributed by atoms with Gasteiger partial charge < -0.3 is 15.7 Å². The van der Waals surface area contributed by atoms with Crippen molar-refractivity contribution in [3.05, 3.63) is 65.5 Å². The van der Waals surface area contributed by atoms with Gasteiger partial charge in [0.15, 0.2) is 17.4 Å². The van der Waals surface area contributed by atoms with Gasteiger partial charge >= 0.3 is 0 Å². The molecule has 0 aromatic heterocycles. The normalized spacial score (nSPS) is 11.3. The Morgan fingerprint density at radius 1 is 1.20 bits per heavy atom. The predicted molar refractivity (Wildman–Crippen MR) is 74.6 cm³/mol. The first kappa shape index (κ1) is 13.9. The van der Waals surface area contributed by atoms with E-state index >= 15 is 0 Å². The highest BCUT2D eigenvalue weighted by atomic mass is 19.1. The number of amidine groups is 1. The number of rotatable bonds is 5. The van der Waals surface area contributed by atoms with Gasteiger partial charge in [-0.15, -0.1) is 0 Å². The number of halogens is 1. The summed E-state index contributed by atoms with van der Waals surface area (Å²) in [5, 5.41) is 11.3. The third kappa shape index (κ3) is 3.47. The summed E-state index contributed by atoms with van der Waals surface area (Å²) in [4.78, 5) is 0. The van der Waals surface area contributed by atoms with Crippen molar-refractivity contribution in [3.63, 3.8) is 0 Å². The van der Waals surface area contributed by atoms with Gasteiger partial charge in [-0.05, 0) is 23.8 Å². The van der Waals surface area contributed by atoms with Gasteiger partial charge in [-0.1, -0.05) is 35.5 Å². The van der Waals surface area contributed by atoms with Crippen LogP contribution in [0.25, 0.3) is 0 Å². The Labute approximate surface area is 116 Å². The predicted octanol–water partition coefficient (Wildman–Crippen LogP) is 2.54. The topological polar surface area (TPSA) is 67.8 Å². The summed E-state index contributed by atoms with van der Waals surface area (Å²) < 4.78 is 19.1. The zero-order chi connectivity index (χ0) is 14.4. The van der Waals surface area contributed by atoms with Crippen molar-refractivity contribution in [2.75, 3.05) is 6.61 Å². The molecule has 0 aliphatic rings. The number of oxime groups is 1. The van der Waals surface area contributed by atoms with Gasteiger partial charge in [0, 0.05) is 12.0 Å². The van der Waals surface area contributed by atoms with Crippen molar-refractivity contribution in [1.82, 2.24) is 0 Å². The van der Waals surface area contributed by atoms with E-state index in [0.29, 0.717) is 18.6 Å². The van der Waals surface area contributed by atoms with Gasteiger partial charge in [0.05, 0.1) is 6.61 Å². The summed E-state index contributed by atoms with van der Waals surface area (Å²) in [6, 6.07) is 14.0. The van der Waals surface area contributed by atoms with E-state index in [1.807, 2.05) is 30.3 Å². The molecule has 0 aliphatic carbocycles. The second kappa shape index (κ2) is 6.56. The van der Waals surface area contributed by atoms with Gasteiger partial charge in [0.1, 0.15) is 0 Å². The Bertz CT molecular complexity index is 600. The summed E-state index contributed by atoms with van der Waals surface area (Å²) in [5.74, 6) is -0.530. The SMILES string of the molecule is N/C(=N\O)c1ccc(OCCc2ccccc2)c(F)c1. The average Bonchev–Trinajstić information content (AvgIpc) is 2.49. The molecular formula is C15H15FN2O2. The van der Waals surface area contributed by atoms with Gasteiger partial charge in [-0.2, -0.15) is 0 Å². The lowest BCUT2D eigenvalue weighted by atomic mass is 10.1. The Hall–Kier alpha value is -2.56. The molecule has 0 atom stereocenters. The molecule has 0 aliphatic heterocycles. The first-order valence-corrected chi connectivity index (χ1v) is 6.15. The number of ether oxygens (including phenoxy) is 1. The fraction of sp³-hybridized carbons (Fsp3) is 0.133. The molecule has 0 amide bonds. The molecule has 0 bridgehead atoms. The van der Waals surface area contributed by atoms with E-state index in [4.69, 9.17) is 15.7 Å². The summed E-state index contributed by atoms with van der Waals surface area (Å²) in [6.45, 7) is 0.379. The molecule has 20 heavy (non-hydrogen) atoms. The molecular weight excluding hydrogens is 259 g/mol. The third-order valence-corrected chi connectivity index (χ3v) is 2.83. The number of hydrogen-bond acceptors (Lipinski definition) is 3. The summed E-state index contributed by atoms with van der Waals surface area (Å²) in [7, 11) is 0. The molecule has 0 saturated heterocycles. The molecule has 104 valence electrons. The molecule has 0 spiro atoms. The summed E-state index contributed by atoms with van der Waals surface area (Å²) in [6.07, 6.45) is 0.697. The zero-order valence-electron chi connectivity index (χ0n) is 10.8. The Morgan fingerprint density at radius 2 is 1.95 bits per heavy atom. The molecule has 0 unspecified atom stereocenters. The van der Waals surface area contributed by atoms with Crippen molar-refractivity contribution in [2.45, 2.75) is 6.42 Å². The van der Waals surface area contributed by atoms with Crippen molar-refractivity contribution in [3.8, 4) is 5.75 Å². The van der Waals surface area contributed by atoms with E-state index < -0.39 is 5.82 Å². The van der Waals surface area contributed by atoms with Crippen LogP contribution < -0.4 is 10.5 Å². The number of hydrogen-bond donors (Lipinski definition) is 2. The fourth-order valence-electron chi connectivity index (χ4n) is 1.76. The monoisotopic (exact) mass is 274 g/mol. The Balaban J connectivity index is 1.97. The smallest absolute Gasteiger partial charge is 0.170 e. The van der Waals surface area contributed by atoms with Crippen LogP contribution in [0.1, 0.15) is 11.1 Å². The quantitative estimate of drug-likeness (QED) is 0.381. The van der Waals surface area contributed by atoms with E-state index in [9.17, 15) is 4.39 Å². The van der Waals surface area contributed by atoms with E-state index in [2.05, 4.69) is 5.16 Å². The van der Waals surface area contributed by atoms with Gasteiger partial charge in [0.25, 0.3) is 0 Å². The maximum atomic E-state index is 13.8. The van der Waals surface area contributed by atoms with Crippen molar-refractivity contribution in [1.29, 1.82) is 0 Å². The number of nitrogens with zero attached hydrogens (tertiary/aromatic N) is 1. The van der Waals surface area contributed by atoms with Crippen LogP contribution in [0.2, 0.25) is 0 Å². The third-order valence-electron chi connectivity index (χ3n) is 2.83. The van der Waals surface area contributed by atoms with E-state index in [0.717, 1.165) is 5.56 Å². The second-order valence-corrected chi connectivity index (χ2v) is 4.21. The van der Waals surface area contributed by atoms with Crippen molar-refractivity contribution in [2.24, 2.45) is 10.9 Å². The van der Waals surface area contributed by atoms with Gasteiger partial charge in [-0.3, -0.25) is 0 Å². The molecule has 4 nitrogen and oxygen atoms in total. The van der Waals surface area contributed by atoms with E-state index in [1.54, 1.807) is 0 Å². The van der Waals surface area contributed by atoms with E-state index in [1.165, 1.54) is 18.2 Å². The highest BCUT2D eigenvalue weighted by molar-refractivity contribution is 5.97. The van der Waals surface area contributed by atoms with Crippen molar-refractivity contribution < 1.29 is 14.3 Å². The molecule has 5 heteroatoms. The minimum Gasteiger partial charge on any atom is -0.490 e. The zero-order valence-corrected chi connectivity index (χ0v) is 10.8. The highest BCUT2D eigenvalue weighted by Crippen LogP contribution is 2.18. The molecule has 2 aromatic rings. The van der Waals surface area contributed by atoms with Crippen LogP contribution in [0.3, 0.4) is 0 Å². The minimum absolute atomic E-state index is 0.139. The van der Waals surface area contributed by atoms with Crippen LogP contribution in [-0.4, -0.2) is 17.6 Å². The van der Waals surface area contributed by atoms with Gasteiger partial charge in [0.2, 0.25) is 0 Å². The standard InChI is InChI=1S/C15H15FN2O2/c16-13-10-12(15(17)18-19)6-7-14(13)20-9-8-11-4-2-1-3-5-11/h1-7,10,19H,8-9H2,(H2,17,18). The second-order valence-electron chi connectivity index (χ2n) is 4.21. The van der Waals surface area contributed by atoms with Crippen LogP contribution in [0.5, 0.6) is 5.75 Å². The van der Waals surface area contributed by atoms with Crippen LogP contribution in [0.15, 0.2) is 53.7 Å². The summed E-state index contributed by atoms with van der Waals surface area (Å²) in [5.41, 5.74) is 6.81.